The molecule has 0 saturated heterocycles. The first kappa shape index (κ1) is 15.3. The lowest BCUT2D eigenvalue weighted by atomic mass is 10.1. The lowest BCUT2D eigenvalue weighted by Crippen LogP contribution is -2.10. The van der Waals surface area contributed by atoms with Crippen LogP contribution >= 0.6 is 11.8 Å². The molecule has 6 nitrogen and oxygen atoms in total. The fourth-order valence-corrected chi connectivity index (χ4v) is 2.56. The molecule has 1 aromatic heterocycles. The van der Waals surface area contributed by atoms with E-state index in [9.17, 15) is 9.59 Å². The van der Waals surface area contributed by atoms with Crippen LogP contribution in [-0.4, -0.2) is 28.2 Å². The highest BCUT2D eigenvalue weighted by Gasteiger charge is 2.06. The molecule has 0 saturated carbocycles. The van der Waals surface area contributed by atoms with Gasteiger partial charge in [0.2, 0.25) is 0 Å². The van der Waals surface area contributed by atoms with Crippen molar-refractivity contribution in [2.24, 2.45) is 0 Å². The van der Waals surface area contributed by atoms with Gasteiger partial charge in [0.05, 0.1) is 17.9 Å². The van der Waals surface area contributed by atoms with E-state index in [1.165, 1.54) is 31.0 Å². The smallest absolute Gasteiger partial charge is 0.335 e. The molecule has 1 heterocycles. The molecule has 0 amide bonds. The van der Waals surface area contributed by atoms with Gasteiger partial charge >= 0.3 is 5.97 Å². The highest BCUT2D eigenvalue weighted by Crippen LogP contribution is 2.19. The number of aromatic carboxylic acids is 1. The lowest BCUT2D eigenvalue weighted by Gasteiger charge is -2.04. The number of aromatic amines is 1. The minimum atomic E-state index is -0.963. The van der Waals surface area contributed by atoms with E-state index in [-0.39, 0.29) is 17.7 Å². The van der Waals surface area contributed by atoms with Crippen LogP contribution in [0.3, 0.4) is 0 Å². The summed E-state index contributed by atoms with van der Waals surface area (Å²) in [5, 5.41) is 9.43. The molecule has 0 bridgehead atoms. The second-order valence-corrected chi connectivity index (χ2v) is 5.23. The summed E-state index contributed by atoms with van der Waals surface area (Å²) in [5.74, 6) is -0.448. The number of nitrogens with zero attached hydrogens (tertiary/aromatic N) is 1. The van der Waals surface area contributed by atoms with E-state index >= 15 is 0 Å². The fraction of sp³-hybridized carbons (Fsp3) is 0.214. The number of thioether (sulfide) groups is 1. The standard InChI is InChI=1S/C14H14N2O4S/c1-20-7-11-6-12(17)16-14(15-11)21-8-9-3-2-4-10(5-9)13(18)19/h2-6H,7-8H2,1H3,(H,18,19)(H,15,16,17). The lowest BCUT2D eigenvalue weighted by molar-refractivity contribution is 0.0697. The number of rotatable bonds is 6. The summed E-state index contributed by atoms with van der Waals surface area (Å²) in [6.45, 7) is 0.270. The van der Waals surface area contributed by atoms with Crippen molar-refractivity contribution in [2.75, 3.05) is 7.11 Å². The normalized spacial score (nSPS) is 10.5. The van der Waals surface area contributed by atoms with E-state index in [0.717, 1.165) is 5.56 Å². The van der Waals surface area contributed by atoms with Crippen LogP contribution in [0.2, 0.25) is 0 Å². The van der Waals surface area contributed by atoms with Gasteiger partial charge in [-0.2, -0.15) is 0 Å². The van der Waals surface area contributed by atoms with Gasteiger partial charge in [-0.05, 0) is 17.7 Å². The van der Waals surface area contributed by atoms with Crippen molar-refractivity contribution in [2.45, 2.75) is 17.5 Å². The number of carboxylic acid groups (broad SMARTS) is 1. The van der Waals surface area contributed by atoms with Crippen LogP contribution in [0.1, 0.15) is 21.6 Å². The first-order chi connectivity index (χ1) is 10.1. The summed E-state index contributed by atoms with van der Waals surface area (Å²) in [4.78, 5) is 29.3. The molecule has 2 rings (SSSR count). The molecule has 0 fully saturated rings. The molecular formula is C14H14N2O4S. The van der Waals surface area contributed by atoms with Crippen LogP contribution in [-0.2, 0) is 17.1 Å². The van der Waals surface area contributed by atoms with Gasteiger partial charge in [-0.1, -0.05) is 23.9 Å². The van der Waals surface area contributed by atoms with E-state index in [2.05, 4.69) is 9.97 Å². The summed E-state index contributed by atoms with van der Waals surface area (Å²) < 4.78 is 4.95. The summed E-state index contributed by atoms with van der Waals surface area (Å²) in [5.41, 5.74) is 1.41. The third-order valence-electron chi connectivity index (χ3n) is 2.61. The molecular weight excluding hydrogens is 292 g/mol. The van der Waals surface area contributed by atoms with Crippen LogP contribution in [0.5, 0.6) is 0 Å². The van der Waals surface area contributed by atoms with Gasteiger partial charge < -0.3 is 14.8 Å². The molecule has 2 aromatic rings. The van der Waals surface area contributed by atoms with Crippen LogP contribution in [0, 0.1) is 0 Å². The van der Waals surface area contributed by atoms with Gasteiger partial charge in [0.25, 0.3) is 5.56 Å². The molecule has 7 heteroatoms. The molecule has 1 aromatic carbocycles. The number of H-pyrrole nitrogens is 1. The molecule has 0 atom stereocenters. The number of ether oxygens (including phenoxy) is 1. The maximum Gasteiger partial charge on any atom is 0.335 e. The molecule has 0 radical (unpaired) electrons. The van der Waals surface area contributed by atoms with Gasteiger partial charge in [0.15, 0.2) is 5.16 Å². The van der Waals surface area contributed by atoms with E-state index in [1.54, 1.807) is 12.1 Å². The van der Waals surface area contributed by atoms with Crippen molar-refractivity contribution in [1.29, 1.82) is 0 Å². The highest BCUT2D eigenvalue weighted by molar-refractivity contribution is 7.98. The average molecular weight is 306 g/mol. The second-order valence-electron chi connectivity index (χ2n) is 4.27. The molecule has 21 heavy (non-hydrogen) atoms. The Kier molecular flexibility index (Phi) is 5.13. The van der Waals surface area contributed by atoms with Crippen LogP contribution in [0.4, 0.5) is 0 Å². The first-order valence-corrected chi connectivity index (χ1v) is 7.11. The quantitative estimate of drug-likeness (QED) is 0.625. The summed E-state index contributed by atoms with van der Waals surface area (Å²) >= 11 is 1.33. The Hall–Kier alpha value is -2.12. The van der Waals surface area contributed by atoms with Gasteiger partial charge in [0.1, 0.15) is 0 Å². The van der Waals surface area contributed by atoms with Crippen molar-refractivity contribution >= 4 is 17.7 Å². The van der Waals surface area contributed by atoms with Gasteiger partial charge in [0, 0.05) is 18.9 Å². The number of aromatic nitrogens is 2. The average Bonchev–Trinajstić information content (AvgIpc) is 2.45. The van der Waals surface area contributed by atoms with E-state index in [4.69, 9.17) is 9.84 Å². The highest BCUT2D eigenvalue weighted by atomic mass is 32.2. The van der Waals surface area contributed by atoms with Crippen molar-refractivity contribution < 1.29 is 14.6 Å². The zero-order valence-electron chi connectivity index (χ0n) is 11.3. The molecule has 0 aliphatic heterocycles. The van der Waals surface area contributed by atoms with Crippen molar-refractivity contribution in [1.82, 2.24) is 9.97 Å². The number of hydrogen-bond acceptors (Lipinski definition) is 5. The number of nitrogens with one attached hydrogen (secondary N) is 1. The minimum absolute atomic E-state index is 0.237. The Bertz CT molecular complexity index is 699. The fourth-order valence-electron chi connectivity index (χ4n) is 1.72. The van der Waals surface area contributed by atoms with Gasteiger partial charge in [-0.3, -0.25) is 4.79 Å². The second kappa shape index (κ2) is 7.05. The number of carboxylic acids is 1. The van der Waals surface area contributed by atoms with Crippen molar-refractivity contribution in [3.05, 3.63) is 57.5 Å². The zero-order valence-corrected chi connectivity index (χ0v) is 12.1. The topological polar surface area (TPSA) is 92.3 Å². The Morgan fingerprint density at radius 2 is 2.24 bits per heavy atom. The SMILES string of the molecule is COCc1cc(=O)[nH]c(SCc2cccc(C(=O)O)c2)n1. The number of carbonyl (C=O) groups is 1. The minimum Gasteiger partial charge on any atom is -0.478 e. The zero-order chi connectivity index (χ0) is 15.2. The molecule has 0 unspecified atom stereocenters. The summed E-state index contributed by atoms with van der Waals surface area (Å²) in [6.07, 6.45) is 0. The van der Waals surface area contributed by atoms with Gasteiger partial charge in [-0.15, -0.1) is 0 Å². The largest absolute Gasteiger partial charge is 0.478 e. The number of benzene rings is 1. The van der Waals surface area contributed by atoms with E-state index < -0.39 is 5.97 Å². The monoisotopic (exact) mass is 306 g/mol. The molecule has 0 aliphatic carbocycles. The van der Waals surface area contributed by atoms with E-state index in [1.807, 2.05) is 6.07 Å². The molecule has 0 spiro atoms. The van der Waals surface area contributed by atoms with Crippen LogP contribution in [0.25, 0.3) is 0 Å². The number of hydrogen-bond donors (Lipinski definition) is 2. The van der Waals surface area contributed by atoms with Crippen molar-refractivity contribution in [3.8, 4) is 0 Å². The third kappa shape index (κ3) is 4.44. The van der Waals surface area contributed by atoms with Crippen LogP contribution in [0.15, 0.2) is 40.3 Å². The maximum atomic E-state index is 11.5. The molecule has 110 valence electrons. The molecule has 0 aliphatic rings. The Labute approximate surface area is 125 Å². The Morgan fingerprint density at radius 3 is 2.95 bits per heavy atom. The third-order valence-corrected chi connectivity index (χ3v) is 3.56. The van der Waals surface area contributed by atoms with Crippen molar-refractivity contribution in [3.63, 3.8) is 0 Å². The predicted octanol–water partition coefficient (Wildman–Crippen LogP) is 1.91. The van der Waals surface area contributed by atoms with E-state index in [0.29, 0.717) is 16.6 Å². The molecule has 2 N–H and O–H groups in total. The Balaban J connectivity index is 2.11. The summed E-state index contributed by atoms with van der Waals surface area (Å²) in [7, 11) is 1.53. The van der Waals surface area contributed by atoms with Crippen LogP contribution < -0.4 is 5.56 Å². The maximum absolute atomic E-state index is 11.5. The van der Waals surface area contributed by atoms with Gasteiger partial charge in [-0.25, -0.2) is 9.78 Å². The first-order valence-electron chi connectivity index (χ1n) is 6.12. The predicted molar refractivity (Wildman–Crippen MR) is 78.5 cm³/mol. The number of methoxy groups -OCH3 is 1. The Morgan fingerprint density at radius 1 is 1.43 bits per heavy atom. The summed E-state index contributed by atoms with van der Waals surface area (Å²) in [6, 6.07) is 8.05.